The third-order valence-electron chi connectivity index (χ3n) is 14.0. The number of imidazole rings is 1. The fourth-order valence-electron chi connectivity index (χ4n) is 11.3. The van der Waals surface area contributed by atoms with Gasteiger partial charge in [0.2, 0.25) is 0 Å². The van der Waals surface area contributed by atoms with E-state index in [1.165, 1.54) is 83.5 Å². The van der Waals surface area contributed by atoms with E-state index in [2.05, 4.69) is 225 Å². The third-order valence-corrected chi connectivity index (χ3v) is 14.0. The van der Waals surface area contributed by atoms with E-state index in [9.17, 15) is 0 Å². The van der Waals surface area contributed by atoms with Crippen LogP contribution in [0.3, 0.4) is 0 Å². The first-order chi connectivity index (χ1) is 30.0. The second-order valence-electron chi connectivity index (χ2n) is 17.4. The summed E-state index contributed by atoms with van der Waals surface area (Å²) in [5, 5.41) is 0. The highest BCUT2D eigenvalue weighted by atomic mass is 15.1. The zero-order valence-electron chi connectivity index (χ0n) is 34.0. The molecule has 1 aromatic heterocycles. The first-order valence-corrected chi connectivity index (χ1v) is 21.4. The molecular formula is C59H40N2. The summed E-state index contributed by atoms with van der Waals surface area (Å²) in [5.74, 6) is 0.935. The van der Waals surface area contributed by atoms with Gasteiger partial charge >= 0.3 is 0 Å². The second-order valence-corrected chi connectivity index (χ2v) is 17.4. The summed E-state index contributed by atoms with van der Waals surface area (Å²) in [5.41, 5.74) is 24.3. The predicted molar refractivity (Wildman–Crippen MR) is 251 cm³/mol. The van der Waals surface area contributed by atoms with Crippen LogP contribution in [0, 0.1) is 0 Å². The van der Waals surface area contributed by atoms with E-state index in [0.29, 0.717) is 0 Å². The summed E-state index contributed by atoms with van der Waals surface area (Å²) >= 11 is 0. The van der Waals surface area contributed by atoms with Crippen LogP contribution in [0.25, 0.3) is 83.7 Å². The number of rotatable bonds is 3. The van der Waals surface area contributed by atoms with E-state index in [1.54, 1.807) is 0 Å². The van der Waals surface area contributed by atoms with Gasteiger partial charge in [-0.1, -0.05) is 178 Å². The molecule has 2 nitrogen and oxygen atoms in total. The summed E-state index contributed by atoms with van der Waals surface area (Å²) in [4.78, 5) is 5.36. The number of nitrogens with zero attached hydrogens (tertiary/aromatic N) is 2. The minimum Gasteiger partial charge on any atom is -0.292 e. The van der Waals surface area contributed by atoms with Crippen LogP contribution in [-0.4, -0.2) is 9.55 Å². The quantitative estimate of drug-likeness (QED) is 0.175. The zero-order valence-corrected chi connectivity index (χ0v) is 34.0. The fourth-order valence-corrected chi connectivity index (χ4v) is 11.3. The lowest BCUT2D eigenvalue weighted by Crippen LogP contribution is -2.29. The maximum atomic E-state index is 5.36. The normalized spacial score (nSPS) is 15.9. The summed E-state index contributed by atoms with van der Waals surface area (Å²) in [6.45, 7) is 4.78. The van der Waals surface area contributed by atoms with E-state index in [1.807, 2.05) is 0 Å². The van der Waals surface area contributed by atoms with Gasteiger partial charge in [0.25, 0.3) is 0 Å². The first kappa shape index (κ1) is 34.3. The molecular weight excluding hydrogens is 737 g/mol. The Morgan fingerprint density at radius 3 is 1.51 bits per heavy atom. The van der Waals surface area contributed by atoms with E-state index in [-0.39, 0.29) is 5.41 Å². The maximum Gasteiger partial charge on any atom is 0.145 e. The average molecular weight is 777 g/mol. The molecule has 3 aliphatic rings. The van der Waals surface area contributed by atoms with E-state index < -0.39 is 5.41 Å². The van der Waals surface area contributed by atoms with Crippen LogP contribution in [0.15, 0.2) is 206 Å². The SMILES string of the molecule is CC1(C)c2ccccc2-c2cc3c(cc21)-c1ccccc1C31c2ccccc2-c2ccccc2-c2ccc(-c3ccc4c(c3)nc(-c3ccccc3)n4-c3ccccc3)cc21. The third kappa shape index (κ3) is 4.59. The van der Waals surface area contributed by atoms with Crippen molar-refractivity contribution in [1.29, 1.82) is 0 Å². The second kappa shape index (κ2) is 12.5. The number of hydrogen-bond acceptors (Lipinski definition) is 1. The predicted octanol–water partition coefficient (Wildman–Crippen LogP) is 14.7. The van der Waals surface area contributed by atoms with Gasteiger partial charge in [-0.05, 0) is 131 Å². The maximum absolute atomic E-state index is 5.36. The van der Waals surface area contributed by atoms with Gasteiger partial charge in [-0.15, -0.1) is 0 Å². The first-order valence-electron chi connectivity index (χ1n) is 21.4. The molecule has 1 heterocycles. The highest BCUT2D eigenvalue weighted by Gasteiger charge is 2.51. The molecule has 0 amide bonds. The van der Waals surface area contributed by atoms with Crippen LogP contribution < -0.4 is 0 Å². The van der Waals surface area contributed by atoms with Gasteiger partial charge in [0.05, 0.1) is 16.4 Å². The van der Waals surface area contributed by atoms with Crippen molar-refractivity contribution < 1.29 is 0 Å². The van der Waals surface area contributed by atoms with Crippen molar-refractivity contribution in [3.05, 3.63) is 240 Å². The van der Waals surface area contributed by atoms with Crippen LogP contribution >= 0.6 is 0 Å². The molecule has 0 N–H and O–H groups in total. The van der Waals surface area contributed by atoms with Crippen molar-refractivity contribution >= 4 is 11.0 Å². The summed E-state index contributed by atoms with van der Waals surface area (Å²) in [6, 6.07) is 76.8. The molecule has 1 spiro atoms. The lowest BCUT2D eigenvalue weighted by molar-refractivity contribution is 0.660. The largest absolute Gasteiger partial charge is 0.292 e. The zero-order chi connectivity index (χ0) is 40.5. The topological polar surface area (TPSA) is 17.8 Å². The van der Waals surface area contributed by atoms with Gasteiger partial charge in [0, 0.05) is 16.7 Å². The average Bonchev–Trinajstić information content (AvgIpc) is 3.89. The highest BCUT2D eigenvalue weighted by Crippen LogP contribution is 2.64. The van der Waals surface area contributed by atoms with Gasteiger partial charge in [0.1, 0.15) is 5.82 Å². The molecule has 9 aromatic carbocycles. The van der Waals surface area contributed by atoms with Crippen molar-refractivity contribution in [2.45, 2.75) is 24.7 Å². The number of para-hydroxylation sites is 1. The molecule has 61 heavy (non-hydrogen) atoms. The van der Waals surface area contributed by atoms with E-state index >= 15 is 0 Å². The minimum atomic E-state index is -0.594. The lowest BCUT2D eigenvalue weighted by atomic mass is 9.65. The van der Waals surface area contributed by atoms with Crippen molar-refractivity contribution in [1.82, 2.24) is 9.55 Å². The molecule has 0 bridgehead atoms. The molecule has 286 valence electrons. The van der Waals surface area contributed by atoms with Gasteiger partial charge in [-0.2, -0.15) is 0 Å². The molecule has 0 saturated heterocycles. The molecule has 0 aliphatic heterocycles. The molecule has 10 aromatic rings. The number of aromatic nitrogens is 2. The molecule has 0 fully saturated rings. The van der Waals surface area contributed by atoms with Crippen LogP contribution in [0.2, 0.25) is 0 Å². The van der Waals surface area contributed by atoms with Crippen LogP contribution in [0.5, 0.6) is 0 Å². The standard InChI is InChI=1S/C59H40N2/c1-58(2)49-26-14-11-24-44(49)47-36-54-48(35-52(47)58)45-25-13-16-28-51(45)59(54)50-27-15-12-23-43(50)41-21-9-10-22-42(41)46-31-29-38(33-53(46)59)39-30-32-56-55(34-39)60-57(37-17-5-3-6-18-37)61(56)40-19-7-4-8-20-40/h3-36H,1-2H3. The number of fused-ring (bicyclic) bond motifs is 16. The van der Waals surface area contributed by atoms with Crippen LogP contribution in [0.4, 0.5) is 0 Å². The van der Waals surface area contributed by atoms with Crippen molar-refractivity contribution in [2.24, 2.45) is 0 Å². The Balaban J connectivity index is 1.11. The summed E-state index contributed by atoms with van der Waals surface area (Å²) in [6.07, 6.45) is 0. The van der Waals surface area contributed by atoms with Crippen molar-refractivity contribution in [3.8, 4) is 72.7 Å². The van der Waals surface area contributed by atoms with Gasteiger partial charge in [-0.3, -0.25) is 4.57 Å². The Morgan fingerprint density at radius 2 is 0.820 bits per heavy atom. The fraction of sp³-hybridized carbons (Fsp3) is 0.0678. The monoisotopic (exact) mass is 776 g/mol. The van der Waals surface area contributed by atoms with Crippen LogP contribution in [-0.2, 0) is 10.8 Å². The smallest absolute Gasteiger partial charge is 0.145 e. The lowest BCUT2D eigenvalue weighted by Gasteiger charge is -2.36. The minimum absolute atomic E-state index is 0.110. The van der Waals surface area contributed by atoms with Crippen molar-refractivity contribution in [2.75, 3.05) is 0 Å². The molecule has 1 unspecified atom stereocenters. The summed E-state index contributed by atoms with van der Waals surface area (Å²) in [7, 11) is 0. The molecule has 13 rings (SSSR count). The van der Waals surface area contributed by atoms with Crippen LogP contribution in [0.1, 0.15) is 47.2 Å². The number of hydrogen-bond donors (Lipinski definition) is 0. The molecule has 0 saturated carbocycles. The van der Waals surface area contributed by atoms with Crippen molar-refractivity contribution in [3.63, 3.8) is 0 Å². The molecule has 2 heteroatoms. The molecule has 1 atom stereocenters. The highest BCUT2D eigenvalue weighted by molar-refractivity contribution is 6.00. The Morgan fingerprint density at radius 1 is 0.344 bits per heavy atom. The Hall–Kier alpha value is -7.55. The van der Waals surface area contributed by atoms with E-state index in [4.69, 9.17) is 4.98 Å². The van der Waals surface area contributed by atoms with E-state index in [0.717, 1.165) is 33.7 Å². The molecule has 3 aliphatic carbocycles. The van der Waals surface area contributed by atoms with Gasteiger partial charge < -0.3 is 0 Å². The van der Waals surface area contributed by atoms with Gasteiger partial charge in [-0.25, -0.2) is 4.98 Å². The molecule has 0 radical (unpaired) electrons. The number of benzene rings is 9. The summed E-state index contributed by atoms with van der Waals surface area (Å²) < 4.78 is 2.29. The Labute approximate surface area is 356 Å². The van der Waals surface area contributed by atoms with Gasteiger partial charge in [0.15, 0.2) is 0 Å². The Kier molecular flexibility index (Phi) is 7.03. The Bertz CT molecular complexity index is 3440.